The lowest BCUT2D eigenvalue weighted by Gasteiger charge is -2.34. The van der Waals surface area contributed by atoms with Crippen LogP contribution in [0, 0.1) is 5.92 Å². The van der Waals surface area contributed by atoms with Crippen LogP contribution >= 0.6 is 11.8 Å². The van der Waals surface area contributed by atoms with Gasteiger partial charge in [0, 0.05) is 36.7 Å². The van der Waals surface area contributed by atoms with Gasteiger partial charge in [0.05, 0.1) is 0 Å². The summed E-state index contributed by atoms with van der Waals surface area (Å²) in [6.07, 6.45) is 5.55. The predicted octanol–water partition coefficient (Wildman–Crippen LogP) is 2.59. The number of hydrogen-bond acceptors (Lipinski definition) is 3. The molecule has 0 aromatic carbocycles. The molecule has 1 saturated carbocycles. The van der Waals surface area contributed by atoms with Gasteiger partial charge in [0.25, 0.3) is 0 Å². The minimum atomic E-state index is 0.805. The van der Waals surface area contributed by atoms with Gasteiger partial charge in [-0.1, -0.05) is 20.3 Å². The number of nitrogens with one attached hydrogen (secondary N) is 1. The quantitative estimate of drug-likeness (QED) is 0.814. The number of rotatable bonds is 5. The first kappa shape index (κ1) is 13.7. The predicted molar refractivity (Wildman–Crippen MR) is 77.8 cm³/mol. The van der Waals surface area contributed by atoms with E-state index >= 15 is 0 Å². The number of nitrogens with zero attached hydrogens (tertiary/aromatic N) is 1. The van der Waals surface area contributed by atoms with E-state index in [4.69, 9.17) is 0 Å². The van der Waals surface area contributed by atoms with Crippen LogP contribution in [0.1, 0.15) is 39.5 Å². The Bertz CT molecular complexity index is 222. The van der Waals surface area contributed by atoms with Gasteiger partial charge in [-0.2, -0.15) is 11.8 Å². The SMILES string of the molecule is CCCNC1CCCC1CN1CCSC(C)C1. The third kappa shape index (κ3) is 4.15. The van der Waals surface area contributed by atoms with E-state index in [-0.39, 0.29) is 0 Å². The lowest BCUT2D eigenvalue weighted by molar-refractivity contribution is 0.221. The molecule has 1 N–H and O–H groups in total. The van der Waals surface area contributed by atoms with E-state index in [0.717, 1.165) is 17.2 Å². The highest BCUT2D eigenvalue weighted by Crippen LogP contribution is 2.28. The number of thioether (sulfide) groups is 1. The summed E-state index contributed by atoms with van der Waals surface area (Å²) in [5, 5.41) is 4.59. The summed E-state index contributed by atoms with van der Waals surface area (Å²) in [7, 11) is 0. The van der Waals surface area contributed by atoms with Crippen molar-refractivity contribution in [1.29, 1.82) is 0 Å². The fraction of sp³-hybridized carbons (Fsp3) is 1.00. The van der Waals surface area contributed by atoms with Gasteiger partial charge in [0.1, 0.15) is 0 Å². The van der Waals surface area contributed by atoms with E-state index in [1.165, 1.54) is 57.6 Å². The fourth-order valence-corrected chi connectivity index (χ4v) is 4.32. The molecule has 1 heterocycles. The molecule has 0 bridgehead atoms. The van der Waals surface area contributed by atoms with Crippen molar-refractivity contribution in [1.82, 2.24) is 10.2 Å². The second-order valence-electron chi connectivity index (χ2n) is 5.69. The minimum Gasteiger partial charge on any atom is -0.314 e. The molecule has 0 radical (unpaired) electrons. The third-order valence-electron chi connectivity index (χ3n) is 4.13. The molecule has 0 spiro atoms. The monoisotopic (exact) mass is 256 g/mol. The highest BCUT2D eigenvalue weighted by Gasteiger charge is 2.29. The molecule has 0 amide bonds. The van der Waals surface area contributed by atoms with Crippen LogP contribution in [-0.2, 0) is 0 Å². The lowest BCUT2D eigenvalue weighted by atomic mass is 10.0. The summed E-state index contributed by atoms with van der Waals surface area (Å²) in [6.45, 7) is 9.80. The van der Waals surface area contributed by atoms with Crippen molar-refractivity contribution in [2.24, 2.45) is 5.92 Å². The van der Waals surface area contributed by atoms with Crippen molar-refractivity contribution >= 4 is 11.8 Å². The standard InChI is InChI=1S/C14H28N2S/c1-3-7-15-14-6-4-5-13(14)11-16-8-9-17-12(2)10-16/h12-15H,3-11H2,1-2H3. The topological polar surface area (TPSA) is 15.3 Å². The Morgan fingerprint density at radius 3 is 3.00 bits per heavy atom. The van der Waals surface area contributed by atoms with Crippen LogP contribution < -0.4 is 5.32 Å². The lowest BCUT2D eigenvalue weighted by Crippen LogP contribution is -2.44. The van der Waals surface area contributed by atoms with Gasteiger partial charge in [-0.05, 0) is 31.7 Å². The first-order valence-electron chi connectivity index (χ1n) is 7.37. The fourth-order valence-electron chi connectivity index (χ4n) is 3.24. The van der Waals surface area contributed by atoms with Crippen LogP contribution in [0.4, 0.5) is 0 Å². The molecule has 100 valence electrons. The van der Waals surface area contributed by atoms with Gasteiger partial charge in [-0.25, -0.2) is 0 Å². The van der Waals surface area contributed by atoms with Crippen LogP contribution in [0.2, 0.25) is 0 Å². The molecular weight excluding hydrogens is 228 g/mol. The zero-order valence-electron chi connectivity index (χ0n) is 11.5. The van der Waals surface area contributed by atoms with Crippen molar-refractivity contribution in [3.05, 3.63) is 0 Å². The van der Waals surface area contributed by atoms with Gasteiger partial charge in [-0.3, -0.25) is 0 Å². The normalized spacial score (nSPS) is 35.3. The Hall–Kier alpha value is 0.270. The van der Waals surface area contributed by atoms with E-state index in [9.17, 15) is 0 Å². The highest BCUT2D eigenvalue weighted by molar-refractivity contribution is 7.99. The average Bonchev–Trinajstić information content (AvgIpc) is 2.74. The van der Waals surface area contributed by atoms with Crippen LogP contribution in [0.25, 0.3) is 0 Å². The molecule has 1 saturated heterocycles. The Morgan fingerprint density at radius 2 is 2.24 bits per heavy atom. The first-order valence-corrected chi connectivity index (χ1v) is 8.41. The van der Waals surface area contributed by atoms with Crippen LogP contribution in [0.15, 0.2) is 0 Å². The maximum absolute atomic E-state index is 3.75. The average molecular weight is 256 g/mol. The molecule has 3 unspecified atom stereocenters. The van der Waals surface area contributed by atoms with Gasteiger partial charge < -0.3 is 10.2 Å². The van der Waals surface area contributed by atoms with Crippen LogP contribution in [-0.4, -0.2) is 48.1 Å². The molecule has 2 aliphatic rings. The van der Waals surface area contributed by atoms with Gasteiger partial charge >= 0.3 is 0 Å². The van der Waals surface area contributed by atoms with Crippen molar-refractivity contribution in [2.75, 3.05) is 31.9 Å². The van der Waals surface area contributed by atoms with Crippen molar-refractivity contribution in [3.63, 3.8) is 0 Å². The van der Waals surface area contributed by atoms with E-state index in [0.29, 0.717) is 0 Å². The molecule has 1 aliphatic heterocycles. The Labute approximate surface area is 111 Å². The molecule has 1 aliphatic carbocycles. The van der Waals surface area contributed by atoms with E-state index in [1.807, 2.05) is 0 Å². The zero-order valence-corrected chi connectivity index (χ0v) is 12.3. The minimum absolute atomic E-state index is 0.805. The summed E-state index contributed by atoms with van der Waals surface area (Å²) in [5.74, 6) is 2.25. The first-order chi connectivity index (χ1) is 8.29. The van der Waals surface area contributed by atoms with Crippen LogP contribution in [0.3, 0.4) is 0 Å². The van der Waals surface area contributed by atoms with Crippen molar-refractivity contribution < 1.29 is 0 Å². The molecule has 2 fully saturated rings. The van der Waals surface area contributed by atoms with Gasteiger partial charge in [0.2, 0.25) is 0 Å². The molecular formula is C14H28N2S. The molecule has 0 aromatic heterocycles. The molecule has 2 nitrogen and oxygen atoms in total. The molecule has 3 heteroatoms. The maximum Gasteiger partial charge on any atom is 0.0147 e. The second kappa shape index (κ2) is 7.01. The molecule has 2 rings (SSSR count). The maximum atomic E-state index is 3.75. The molecule has 0 aromatic rings. The zero-order chi connectivity index (χ0) is 12.1. The molecule has 17 heavy (non-hydrogen) atoms. The third-order valence-corrected chi connectivity index (χ3v) is 5.27. The highest BCUT2D eigenvalue weighted by atomic mass is 32.2. The van der Waals surface area contributed by atoms with Gasteiger partial charge in [-0.15, -0.1) is 0 Å². The van der Waals surface area contributed by atoms with Crippen molar-refractivity contribution in [2.45, 2.75) is 50.8 Å². The smallest absolute Gasteiger partial charge is 0.0147 e. The number of hydrogen-bond donors (Lipinski definition) is 1. The van der Waals surface area contributed by atoms with E-state index in [2.05, 4.69) is 35.8 Å². The summed E-state index contributed by atoms with van der Waals surface area (Å²) < 4.78 is 0. The van der Waals surface area contributed by atoms with E-state index < -0.39 is 0 Å². The summed E-state index contributed by atoms with van der Waals surface area (Å²) >= 11 is 2.14. The van der Waals surface area contributed by atoms with Crippen LogP contribution in [0.5, 0.6) is 0 Å². The summed E-state index contributed by atoms with van der Waals surface area (Å²) in [4.78, 5) is 2.71. The van der Waals surface area contributed by atoms with Crippen molar-refractivity contribution in [3.8, 4) is 0 Å². The Kier molecular flexibility index (Phi) is 5.64. The second-order valence-corrected chi connectivity index (χ2v) is 7.24. The summed E-state index contributed by atoms with van der Waals surface area (Å²) in [5.41, 5.74) is 0. The van der Waals surface area contributed by atoms with E-state index in [1.54, 1.807) is 0 Å². The Balaban J connectivity index is 1.76. The largest absolute Gasteiger partial charge is 0.314 e. The summed E-state index contributed by atoms with van der Waals surface area (Å²) in [6, 6.07) is 0.805. The van der Waals surface area contributed by atoms with Gasteiger partial charge in [0.15, 0.2) is 0 Å². The Morgan fingerprint density at radius 1 is 1.35 bits per heavy atom. The molecule has 3 atom stereocenters.